The molecule has 2 heterocycles. The van der Waals surface area contributed by atoms with E-state index in [9.17, 15) is 9.18 Å². The normalized spacial score (nSPS) is 11.8. The number of benzene rings is 1. The average molecular weight is 453 g/mol. The summed E-state index contributed by atoms with van der Waals surface area (Å²) < 4.78 is 19.9. The van der Waals surface area contributed by atoms with E-state index >= 15 is 0 Å². The van der Waals surface area contributed by atoms with E-state index < -0.39 is 11.7 Å². The van der Waals surface area contributed by atoms with Crippen molar-refractivity contribution >= 4 is 23.2 Å². The van der Waals surface area contributed by atoms with Gasteiger partial charge in [0.2, 0.25) is 0 Å². The lowest BCUT2D eigenvalue weighted by atomic mass is 10.0. The zero-order chi connectivity index (χ0) is 24.0. The first-order valence-corrected chi connectivity index (χ1v) is 10.6. The average Bonchev–Trinajstić information content (AvgIpc) is 2.80. The molecule has 0 spiro atoms. The Hall–Kier alpha value is -3.72. The van der Waals surface area contributed by atoms with E-state index in [4.69, 9.17) is 16.2 Å². The van der Waals surface area contributed by atoms with Crippen molar-refractivity contribution < 1.29 is 13.9 Å². The summed E-state index contributed by atoms with van der Waals surface area (Å²) in [5.74, 6) is -0.244. The Morgan fingerprint density at radius 1 is 1.12 bits per heavy atom. The number of methoxy groups -OCH3 is 1. The van der Waals surface area contributed by atoms with Crippen LogP contribution >= 0.6 is 0 Å². The monoisotopic (exact) mass is 452 g/mol. The Morgan fingerprint density at radius 3 is 2.45 bits per heavy atom. The molecule has 9 heteroatoms. The van der Waals surface area contributed by atoms with Crippen LogP contribution in [0.2, 0.25) is 0 Å². The third-order valence-electron chi connectivity index (χ3n) is 5.05. The number of amides is 1. The third-order valence-corrected chi connectivity index (χ3v) is 5.05. The van der Waals surface area contributed by atoms with Crippen LogP contribution in [0.4, 0.5) is 21.7 Å². The van der Waals surface area contributed by atoms with Crippen molar-refractivity contribution in [3.05, 3.63) is 60.2 Å². The molecule has 0 radical (unpaired) electrons. The molecule has 1 amide bonds. The lowest BCUT2D eigenvalue weighted by Crippen LogP contribution is -2.31. The number of hydrogen-bond donors (Lipinski definition) is 4. The summed E-state index contributed by atoms with van der Waals surface area (Å²) in [6.07, 6.45) is 4.04. The van der Waals surface area contributed by atoms with E-state index in [0.29, 0.717) is 18.2 Å². The maximum Gasteiger partial charge on any atom is 0.252 e. The molecule has 0 saturated carbocycles. The van der Waals surface area contributed by atoms with E-state index in [1.807, 2.05) is 30.3 Å². The van der Waals surface area contributed by atoms with Crippen LogP contribution in [-0.2, 0) is 0 Å². The predicted molar refractivity (Wildman–Crippen MR) is 128 cm³/mol. The number of halogens is 1. The zero-order valence-corrected chi connectivity index (χ0v) is 18.9. The minimum absolute atomic E-state index is 0.00197. The Balaban J connectivity index is 1.92. The molecule has 8 nitrogen and oxygen atoms in total. The van der Waals surface area contributed by atoms with Crippen molar-refractivity contribution in [1.82, 2.24) is 9.97 Å². The van der Waals surface area contributed by atoms with Gasteiger partial charge in [0.1, 0.15) is 11.6 Å². The summed E-state index contributed by atoms with van der Waals surface area (Å²) in [7, 11) is 1.61. The molecule has 0 aliphatic rings. The van der Waals surface area contributed by atoms with Gasteiger partial charge in [-0.05, 0) is 42.2 Å². The molecule has 0 fully saturated rings. The zero-order valence-electron chi connectivity index (χ0n) is 18.9. The van der Waals surface area contributed by atoms with Crippen molar-refractivity contribution in [1.29, 1.82) is 0 Å². The van der Waals surface area contributed by atoms with Gasteiger partial charge in [-0.1, -0.05) is 26.0 Å². The van der Waals surface area contributed by atoms with Gasteiger partial charge in [0.25, 0.3) is 5.91 Å². The summed E-state index contributed by atoms with van der Waals surface area (Å²) in [4.78, 5) is 20.5. The fraction of sp³-hybridized carbons (Fsp3) is 0.292. The standard InChI is InChI=1S/C24H29FN6O2/c1-14(2)8-17(11-26)29-24-21(25)10-20(22(27)32)23(31-24)30-18-9-16(12-28-13-18)15-4-6-19(33-3)7-5-15/h4-7,9-10,12-14,17H,8,11,26H2,1-3H3,(H2,27,32)(H2,29,30,31). The molecule has 2 aromatic heterocycles. The lowest BCUT2D eigenvalue weighted by molar-refractivity contribution is 0.100. The number of nitrogens with two attached hydrogens (primary N) is 2. The van der Waals surface area contributed by atoms with Crippen molar-refractivity contribution in [3.63, 3.8) is 0 Å². The van der Waals surface area contributed by atoms with Crippen LogP contribution in [0.25, 0.3) is 11.1 Å². The number of ether oxygens (including phenoxy) is 1. The van der Waals surface area contributed by atoms with Gasteiger partial charge in [0.15, 0.2) is 11.6 Å². The highest BCUT2D eigenvalue weighted by atomic mass is 19.1. The molecule has 33 heavy (non-hydrogen) atoms. The Labute approximate surface area is 192 Å². The summed E-state index contributed by atoms with van der Waals surface area (Å²) in [5, 5.41) is 6.09. The van der Waals surface area contributed by atoms with Gasteiger partial charge in [0, 0.05) is 24.3 Å². The number of aromatic nitrogens is 2. The highest BCUT2D eigenvalue weighted by molar-refractivity contribution is 5.98. The van der Waals surface area contributed by atoms with Crippen LogP contribution in [0.15, 0.2) is 48.8 Å². The van der Waals surface area contributed by atoms with Crippen LogP contribution in [0.5, 0.6) is 5.75 Å². The van der Waals surface area contributed by atoms with Gasteiger partial charge >= 0.3 is 0 Å². The van der Waals surface area contributed by atoms with Crippen molar-refractivity contribution in [2.24, 2.45) is 17.4 Å². The second-order valence-electron chi connectivity index (χ2n) is 8.10. The lowest BCUT2D eigenvalue weighted by Gasteiger charge is -2.21. The summed E-state index contributed by atoms with van der Waals surface area (Å²) in [6.45, 7) is 4.42. The molecule has 0 bridgehead atoms. The van der Waals surface area contributed by atoms with Gasteiger partial charge in [-0.15, -0.1) is 0 Å². The Morgan fingerprint density at radius 2 is 1.85 bits per heavy atom. The quantitative estimate of drug-likeness (QED) is 0.367. The van der Waals surface area contributed by atoms with Crippen LogP contribution in [-0.4, -0.2) is 35.6 Å². The molecule has 174 valence electrons. The number of hydrogen-bond acceptors (Lipinski definition) is 7. The number of rotatable bonds is 10. The van der Waals surface area contributed by atoms with E-state index in [2.05, 4.69) is 34.4 Å². The maximum atomic E-state index is 14.7. The Kier molecular flexibility index (Phi) is 7.78. The fourth-order valence-electron chi connectivity index (χ4n) is 3.44. The molecule has 0 saturated heterocycles. The molecular formula is C24H29FN6O2. The molecule has 6 N–H and O–H groups in total. The molecule has 1 atom stereocenters. The summed E-state index contributed by atoms with van der Waals surface area (Å²) in [6, 6.07) is 10.3. The van der Waals surface area contributed by atoms with Crippen LogP contribution in [0.1, 0.15) is 30.6 Å². The van der Waals surface area contributed by atoms with Gasteiger partial charge in [0.05, 0.1) is 24.6 Å². The van der Waals surface area contributed by atoms with Gasteiger partial charge in [-0.3, -0.25) is 9.78 Å². The van der Waals surface area contributed by atoms with Crippen molar-refractivity contribution in [2.75, 3.05) is 24.3 Å². The second kappa shape index (κ2) is 10.7. The number of carbonyl (C=O) groups is 1. The number of carbonyl (C=O) groups excluding carboxylic acids is 1. The number of anilines is 3. The van der Waals surface area contributed by atoms with E-state index in [1.165, 1.54) is 0 Å². The van der Waals surface area contributed by atoms with E-state index in [-0.39, 0.29) is 23.2 Å². The molecule has 0 aliphatic carbocycles. The third kappa shape index (κ3) is 6.17. The minimum atomic E-state index is -0.799. The largest absolute Gasteiger partial charge is 0.497 e. The van der Waals surface area contributed by atoms with Crippen LogP contribution in [0.3, 0.4) is 0 Å². The highest BCUT2D eigenvalue weighted by Crippen LogP contribution is 2.28. The van der Waals surface area contributed by atoms with Gasteiger partial charge in [-0.25, -0.2) is 9.37 Å². The molecular weight excluding hydrogens is 423 g/mol. The second-order valence-corrected chi connectivity index (χ2v) is 8.10. The molecule has 1 aromatic carbocycles. The van der Waals surface area contributed by atoms with Crippen LogP contribution < -0.4 is 26.8 Å². The number of nitrogens with zero attached hydrogens (tertiary/aromatic N) is 2. The highest BCUT2D eigenvalue weighted by Gasteiger charge is 2.19. The molecule has 3 rings (SSSR count). The van der Waals surface area contributed by atoms with Crippen molar-refractivity contribution in [3.8, 4) is 16.9 Å². The number of nitrogens with one attached hydrogen (secondary N) is 2. The van der Waals surface area contributed by atoms with Crippen LogP contribution in [0, 0.1) is 11.7 Å². The minimum Gasteiger partial charge on any atom is -0.497 e. The number of pyridine rings is 2. The predicted octanol–water partition coefficient (Wildman–Crippen LogP) is 3.92. The SMILES string of the molecule is COc1ccc(-c2cncc(Nc3nc(NC(CN)CC(C)C)c(F)cc3C(N)=O)c2)cc1. The smallest absolute Gasteiger partial charge is 0.252 e. The maximum absolute atomic E-state index is 14.7. The molecule has 3 aromatic rings. The number of primary amides is 1. The first-order valence-electron chi connectivity index (χ1n) is 10.6. The molecule has 1 unspecified atom stereocenters. The fourth-order valence-corrected chi connectivity index (χ4v) is 3.44. The van der Waals surface area contributed by atoms with Gasteiger partial charge < -0.3 is 26.8 Å². The summed E-state index contributed by atoms with van der Waals surface area (Å²) >= 11 is 0. The van der Waals surface area contributed by atoms with Crippen molar-refractivity contribution in [2.45, 2.75) is 26.3 Å². The van der Waals surface area contributed by atoms with Gasteiger partial charge in [-0.2, -0.15) is 0 Å². The Bertz CT molecular complexity index is 1100. The first-order chi connectivity index (χ1) is 15.8. The first kappa shape index (κ1) is 23.9. The molecule has 0 aliphatic heterocycles. The van der Waals surface area contributed by atoms with E-state index in [0.717, 1.165) is 29.4 Å². The summed E-state index contributed by atoms with van der Waals surface area (Å²) in [5.41, 5.74) is 13.6. The van der Waals surface area contributed by atoms with E-state index in [1.54, 1.807) is 19.5 Å². The topological polar surface area (TPSA) is 128 Å².